The fourth-order valence-electron chi connectivity index (χ4n) is 1.62. The van der Waals surface area contributed by atoms with E-state index in [0.717, 1.165) is 32.8 Å². The molecule has 7 heteroatoms. The Morgan fingerprint density at radius 1 is 1.18 bits per heavy atom. The number of hydrogen-bond donors (Lipinski definition) is 2. The van der Waals surface area contributed by atoms with Gasteiger partial charge < -0.3 is 20.3 Å². The summed E-state index contributed by atoms with van der Waals surface area (Å²) in [4.78, 5) is 15.1. The molecule has 7 nitrogen and oxygen atoms in total. The molecule has 1 aliphatic rings. The van der Waals surface area contributed by atoms with Crippen molar-refractivity contribution in [3.05, 3.63) is 0 Å². The number of aromatic nitrogens is 3. The highest BCUT2D eigenvalue weighted by atomic mass is 16.5. The van der Waals surface area contributed by atoms with Crippen LogP contribution in [0.1, 0.15) is 6.92 Å². The summed E-state index contributed by atoms with van der Waals surface area (Å²) >= 11 is 0. The lowest BCUT2D eigenvalue weighted by Gasteiger charge is -2.27. The zero-order chi connectivity index (χ0) is 12.1. The molecule has 1 aliphatic heterocycles. The molecule has 1 fully saturated rings. The summed E-state index contributed by atoms with van der Waals surface area (Å²) in [5.74, 6) is 1.88. The van der Waals surface area contributed by atoms with E-state index in [1.807, 2.05) is 6.92 Å². The molecule has 0 spiro atoms. The molecule has 94 valence electrons. The largest absolute Gasteiger partial charge is 0.378 e. The topological polar surface area (TPSA) is 75.2 Å². The van der Waals surface area contributed by atoms with Crippen LogP contribution in [-0.4, -0.2) is 54.8 Å². The van der Waals surface area contributed by atoms with Gasteiger partial charge in [-0.2, -0.15) is 15.0 Å². The molecule has 1 saturated heterocycles. The molecule has 0 saturated carbocycles. The SMILES string of the molecule is CCNc1nc(NC)nc(N2CCOCC2)n1. The van der Waals surface area contributed by atoms with E-state index in [-0.39, 0.29) is 0 Å². The number of anilines is 3. The van der Waals surface area contributed by atoms with Gasteiger partial charge in [0.15, 0.2) is 0 Å². The fourth-order valence-corrected chi connectivity index (χ4v) is 1.62. The summed E-state index contributed by atoms with van der Waals surface area (Å²) in [6, 6.07) is 0. The molecule has 0 atom stereocenters. The van der Waals surface area contributed by atoms with Crippen molar-refractivity contribution in [2.24, 2.45) is 0 Å². The van der Waals surface area contributed by atoms with E-state index in [0.29, 0.717) is 17.8 Å². The van der Waals surface area contributed by atoms with E-state index in [4.69, 9.17) is 4.74 Å². The molecular weight excluding hydrogens is 220 g/mol. The third kappa shape index (κ3) is 2.94. The molecular formula is C10H18N6O. The zero-order valence-corrected chi connectivity index (χ0v) is 10.2. The minimum absolute atomic E-state index is 0.581. The first kappa shape index (κ1) is 11.8. The number of rotatable bonds is 4. The highest BCUT2D eigenvalue weighted by Gasteiger charge is 2.15. The highest BCUT2D eigenvalue weighted by Crippen LogP contribution is 2.14. The predicted octanol–water partition coefficient (Wildman–Crippen LogP) is 0.182. The Kier molecular flexibility index (Phi) is 3.92. The van der Waals surface area contributed by atoms with Crippen LogP contribution in [0, 0.1) is 0 Å². The number of nitrogens with one attached hydrogen (secondary N) is 2. The Morgan fingerprint density at radius 2 is 1.88 bits per heavy atom. The zero-order valence-electron chi connectivity index (χ0n) is 10.2. The van der Waals surface area contributed by atoms with Gasteiger partial charge >= 0.3 is 0 Å². The van der Waals surface area contributed by atoms with Crippen molar-refractivity contribution in [1.82, 2.24) is 15.0 Å². The second-order valence-corrected chi connectivity index (χ2v) is 3.66. The lowest BCUT2D eigenvalue weighted by atomic mass is 10.4. The quantitative estimate of drug-likeness (QED) is 0.775. The Morgan fingerprint density at radius 3 is 2.53 bits per heavy atom. The van der Waals surface area contributed by atoms with E-state index >= 15 is 0 Å². The molecule has 0 radical (unpaired) electrons. The van der Waals surface area contributed by atoms with Crippen molar-refractivity contribution < 1.29 is 4.74 Å². The van der Waals surface area contributed by atoms with Crippen LogP contribution in [0.4, 0.5) is 17.8 Å². The number of morpholine rings is 1. The van der Waals surface area contributed by atoms with Crippen molar-refractivity contribution in [2.75, 3.05) is 55.4 Å². The van der Waals surface area contributed by atoms with Gasteiger partial charge in [-0.15, -0.1) is 0 Å². The molecule has 0 amide bonds. The van der Waals surface area contributed by atoms with Gasteiger partial charge in [0, 0.05) is 26.7 Å². The first-order valence-electron chi connectivity index (χ1n) is 5.84. The average Bonchev–Trinajstić information content (AvgIpc) is 2.40. The summed E-state index contributed by atoms with van der Waals surface area (Å²) < 4.78 is 5.31. The second-order valence-electron chi connectivity index (χ2n) is 3.66. The normalized spacial score (nSPS) is 15.8. The van der Waals surface area contributed by atoms with E-state index in [1.165, 1.54) is 0 Å². The maximum absolute atomic E-state index is 5.31. The number of ether oxygens (including phenoxy) is 1. The minimum atomic E-state index is 0.581. The van der Waals surface area contributed by atoms with Crippen LogP contribution in [0.5, 0.6) is 0 Å². The lowest BCUT2D eigenvalue weighted by Crippen LogP contribution is -2.37. The maximum atomic E-state index is 5.31. The summed E-state index contributed by atoms with van der Waals surface area (Å²) in [6.07, 6.45) is 0. The summed E-state index contributed by atoms with van der Waals surface area (Å²) in [5, 5.41) is 6.05. The van der Waals surface area contributed by atoms with Gasteiger partial charge in [0.2, 0.25) is 17.8 Å². The van der Waals surface area contributed by atoms with Gasteiger partial charge in [-0.25, -0.2) is 0 Å². The molecule has 1 aromatic rings. The predicted molar refractivity (Wildman–Crippen MR) is 66.6 cm³/mol. The summed E-state index contributed by atoms with van der Waals surface area (Å²) in [6.45, 7) is 5.87. The van der Waals surface area contributed by atoms with Crippen LogP contribution in [0.2, 0.25) is 0 Å². The van der Waals surface area contributed by atoms with Crippen LogP contribution >= 0.6 is 0 Å². The van der Waals surface area contributed by atoms with Gasteiger partial charge in [0.25, 0.3) is 0 Å². The molecule has 2 rings (SSSR count). The molecule has 0 bridgehead atoms. The van der Waals surface area contributed by atoms with Crippen LogP contribution in [0.25, 0.3) is 0 Å². The Labute approximate surface area is 101 Å². The van der Waals surface area contributed by atoms with Crippen molar-refractivity contribution in [3.8, 4) is 0 Å². The van der Waals surface area contributed by atoms with Crippen molar-refractivity contribution >= 4 is 17.8 Å². The average molecular weight is 238 g/mol. The molecule has 0 aromatic carbocycles. The monoisotopic (exact) mass is 238 g/mol. The Hall–Kier alpha value is -1.63. The van der Waals surface area contributed by atoms with E-state index in [9.17, 15) is 0 Å². The number of hydrogen-bond acceptors (Lipinski definition) is 7. The van der Waals surface area contributed by atoms with E-state index in [1.54, 1.807) is 7.05 Å². The summed E-state index contributed by atoms with van der Waals surface area (Å²) in [7, 11) is 1.80. The van der Waals surface area contributed by atoms with Crippen molar-refractivity contribution in [2.45, 2.75) is 6.92 Å². The molecule has 2 heterocycles. The van der Waals surface area contributed by atoms with Gasteiger partial charge in [-0.05, 0) is 6.92 Å². The fraction of sp³-hybridized carbons (Fsp3) is 0.700. The highest BCUT2D eigenvalue weighted by molar-refractivity contribution is 5.43. The van der Waals surface area contributed by atoms with Crippen LogP contribution < -0.4 is 15.5 Å². The van der Waals surface area contributed by atoms with Crippen LogP contribution in [0.3, 0.4) is 0 Å². The summed E-state index contributed by atoms with van der Waals surface area (Å²) in [5.41, 5.74) is 0. The number of nitrogens with zero attached hydrogens (tertiary/aromatic N) is 4. The Bertz CT molecular complexity index is 366. The van der Waals surface area contributed by atoms with Gasteiger partial charge in [-0.1, -0.05) is 0 Å². The van der Waals surface area contributed by atoms with E-state index in [2.05, 4.69) is 30.5 Å². The Balaban J connectivity index is 2.21. The molecule has 2 N–H and O–H groups in total. The smallest absolute Gasteiger partial charge is 0.232 e. The van der Waals surface area contributed by atoms with Crippen molar-refractivity contribution in [1.29, 1.82) is 0 Å². The third-order valence-electron chi connectivity index (χ3n) is 2.48. The van der Waals surface area contributed by atoms with E-state index < -0.39 is 0 Å². The maximum Gasteiger partial charge on any atom is 0.232 e. The minimum Gasteiger partial charge on any atom is -0.378 e. The second kappa shape index (κ2) is 5.62. The van der Waals surface area contributed by atoms with Gasteiger partial charge in [0.05, 0.1) is 13.2 Å². The lowest BCUT2D eigenvalue weighted by molar-refractivity contribution is 0.122. The standard InChI is InChI=1S/C10H18N6O/c1-3-12-9-13-8(11-2)14-10(15-9)16-4-6-17-7-5-16/h3-7H2,1-2H3,(H2,11,12,13,14,15). The van der Waals surface area contributed by atoms with Gasteiger partial charge in [0.1, 0.15) is 0 Å². The van der Waals surface area contributed by atoms with Crippen LogP contribution in [0.15, 0.2) is 0 Å². The van der Waals surface area contributed by atoms with Crippen LogP contribution in [-0.2, 0) is 4.74 Å². The van der Waals surface area contributed by atoms with Gasteiger partial charge in [-0.3, -0.25) is 0 Å². The molecule has 0 unspecified atom stereocenters. The molecule has 1 aromatic heterocycles. The molecule has 17 heavy (non-hydrogen) atoms. The third-order valence-corrected chi connectivity index (χ3v) is 2.48. The molecule has 0 aliphatic carbocycles. The van der Waals surface area contributed by atoms with Crippen molar-refractivity contribution in [3.63, 3.8) is 0 Å². The first-order chi connectivity index (χ1) is 8.33. The first-order valence-corrected chi connectivity index (χ1v) is 5.84.